The van der Waals surface area contributed by atoms with Crippen molar-refractivity contribution in [1.82, 2.24) is 9.62 Å². The molecule has 7 nitrogen and oxygen atoms in total. The third-order valence-corrected chi connectivity index (χ3v) is 7.97. The zero-order valence-corrected chi connectivity index (χ0v) is 21.2. The summed E-state index contributed by atoms with van der Waals surface area (Å²) in [7, 11) is -2.61. The van der Waals surface area contributed by atoms with Crippen LogP contribution in [0.4, 0.5) is 20.2 Å². The highest BCUT2D eigenvalue weighted by atomic mass is 32.2. The first-order valence-corrected chi connectivity index (χ1v) is 13.3. The van der Waals surface area contributed by atoms with E-state index in [1.54, 1.807) is 7.05 Å². The number of anilines is 2. The maximum absolute atomic E-state index is 13.6. The van der Waals surface area contributed by atoms with Gasteiger partial charge in [-0.15, -0.1) is 0 Å². The molecule has 1 amide bonds. The van der Waals surface area contributed by atoms with Gasteiger partial charge in [-0.3, -0.25) is 4.79 Å². The number of para-hydroxylation sites is 1. The number of benzene rings is 3. The molecule has 194 valence electrons. The molecule has 3 aromatic rings. The van der Waals surface area contributed by atoms with Crippen molar-refractivity contribution >= 4 is 38.6 Å². The van der Waals surface area contributed by atoms with Gasteiger partial charge in [0.05, 0.1) is 41.5 Å². The van der Waals surface area contributed by atoms with Gasteiger partial charge >= 0.3 is 0 Å². The summed E-state index contributed by atoms with van der Waals surface area (Å²) in [6, 6.07) is 21.3. The highest BCUT2D eigenvalue weighted by Crippen LogP contribution is 2.41. The van der Waals surface area contributed by atoms with Crippen LogP contribution in [-0.4, -0.2) is 51.2 Å². The van der Waals surface area contributed by atoms with Gasteiger partial charge in [-0.05, 0) is 36.9 Å². The standard InChI is InChI=1S/C28H24F2N4O3S/c1-31-14-8-11-20-15-23-22(16-24(20)38(36,37)34-17-28(29,30)18-34)25(27(35)33-23)26(19-9-4-2-5-10-19)32-21-12-6-3-7-13-21/h2-7,9-10,12-13,15-16,31-32H,14,17-18H2,1H3,(H,33,35)/b26-25-. The van der Waals surface area contributed by atoms with Crippen molar-refractivity contribution < 1.29 is 22.0 Å². The molecule has 1 saturated heterocycles. The number of carbonyl (C=O) groups excluding carboxylic acids is 1. The average Bonchev–Trinajstić information content (AvgIpc) is 3.21. The maximum atomic E-state index is 13.6. The van der Waals surface area contributed by atoms with E-state index in [4.69, 9.17) is 0 Å². The lowest BCUT2D eigenvalue weighted by Gasteiger charge is -2.37. The van der Waals surface area contributed by atoms with E-state index in [0.29, 0.717) is 22.5 Å². The third kappa shape index (κ3) is 4.91. The zero-order chi connectivity index (χ0) is 26.9. The first-order chi connectivity index (χ1) is 18.2. The molecule has 0 saturated carbocycles. The second-order valence-electron chi connectivity index (χ2n) is 8.92. The topological polar surface area (TPSA) is 90.5 Å². The predicted octanol–water partition coefficient (Wildman–Crippen LogP) is 3.83. The summed E-state index contributed by atoms with van der Waals surface area (Å²) in [4.78, 5) is 13.1. The van der Waals surface area contributed by atoms with Crippen molar-refractivity contribution in [3.05, 3.63) is 89.5 Å². The first-order valence-electron chi connectivity index (χ1n) is 11.8. The summed E-state index contributed by atoms with van der Waals surface area (Å²) in [6.07, 6.45) is 0. The van der Waals surface area contributed by atoms with Gasteiger partial charge in [-0.2, -0.15) is 4.31 Å². The van der Waals surface area contributed by atoms with E-state index in [-0.39, 0.29) is 22.6 Å². The maximum Gasteiger partial charge on any atom is 0.275 e. The second kappa shape index (κ2) is 10.0. The Balaban J connectivity index is 1.71. The summed E-state index contributed by atoms with van der Waals surface area (Å²) in [5.41, 5.74) is 2.98. The highest BCUT2D eigenvalue weighted by Gasteiger charge is 2.50. The monoisotopic (exact) mass is 534 g/mol. The van der Waals surface area contributed by atoms with Crippen LogP contribution in [0.5, 0.6) is 0 Å². The number of rotatable bonds is 6. The van der Waals surface area contributed by atoms with Crippen LogP contribution in [0.2, 0.25) is 0 Å². The third-order valence-electron chi connectivity index (χ3n) is 6.14. The van der Waals surface area contributed by atoms with Crippen LogP contribution in [-0.2, 0) is 14.8 Å². The molecule has 2 aliphatic heterocycles. The lowest BCUT2D eigenvalue weighted by Crippen LogP contribution is -2.58. The largest absolute Gasteiger partial charge is 0.354 e. The molecule has 0 radical (unpaired) electrons. The molecule has 5 rings (SSSR count). The number of fused-ring (bicyclic) bond motifs is 1. The molecule has 0 aliphatic carbocycles. The number of nitrogens with zero attached hydrogens (tertiary/aromatic N) is 1. The summed E-state index contributed by atoms with van der Waals surface area (Å²) in [6.45, 7) is -1.52. The predicted molar refractivity (Wildman–Crippen MR) is 143 cm³/mol. The van der Waals surface area contributed by atoms with Crippen molar-refractivity contribution in [1.29, 1.82) is 0 Å². The quantitative estimate of drug-likeness (QED) is 0.331. The molecule has 2 heterocycles. The Morgan fingerprint density at radius 2 is 1.71 bits per heavy atom. The number of hydrogen-bond donors (Lipinski definition) is 3. The molecule has 3 N–H and O–H groups in total. The summed E-state index contributed by atoms with van der Waals surface area (Å²) >= 11 is 0. The fourth-order valence-electron chi connectivity index (χ4n) is 4.31. The Morgan fingerprint density at radius 3 is 2.34 bits per heavy atom. The van der Waals surface area contributed by atoms with E-state index < -0.39 is 34.9 Å². The van der Waals surface area contributed by atoms with Crippen LogP contribution in [0.25, 0.3) is 11.3 Å². The minimum absolute atomic E-state index is 0.119. The van der Waals surface area contributed by atoms with Crippen LogP contribution in [0, 0.1) is 11.8 Å². The molecule has 0 spiro atoms. The van der Waals surface area contributed by atoms with Crippen LogP contribution in [0.3, 0.4) is 0 Å². The van der Waals surface area contributed by atoms with Gasteiger partial charge in [0.2, 0.25) is 10.0 Å². The Bertz CT molecular complexity index is 1590. The van der Waals surface area contributed by atoms with Crippen LogP contribution in [0.1, 0.15) is 16.7 Å². The summed E-state index contributed by atoms with van der Waals surface area (Å²) in [5.74, 6) is 2.13. The molecular weight excluding hydrogens is 510 g/mol. The second-order valence-corrected chi connectivity index (χ2v) is 10.8. The van der Waals surface area contributed by atoms with Gasteiger partial charge in [0.1, 0.15) is 0 Å². The van der Waals surface area contributed by atoms with Crippen LogP contribution >= 0.6 is 0 Å². The molecule has 38 heavy (non-hydrogen) atoms. The smallest absolute Gasteiger partial charge is 0.275 e. The zero-order valence-electron chi connectivity index (χ0n) is 20.4. The highest BCUT2D eigenvalue weighted by molar-refractivity contribution is 7.89. The number of halogens is 2. The van der Waals surface area contributed by atoms with Gasteiger partial charge < -0.3 is 16.0 Å². The van der Waals surface area contributed by atoms with E-state index >= 15 is 0 Å². The van der Waals surface area contributed by atoms with E-state index in [1.807, 2.05) is 60.7 Å². The van der Waals surface area contributed by atoms with E-state index in [1.165, 1.54) is 12.1 Å². The Kier molecular flexibility index (Phi) is 6.75. The molecule has 0 bridgehead atoms. The van der Waals surface area contributed by atoms with Gasteiger partial charge in [0, 0.05) is 16.8 Å². The van der Waals surface area contributed by atoms with Crippen molar-refractivity contribution in [2.45, 2.75) is 10.8 Å². The minimum atomic E-state index is -4.30. The summed E-state index contributed by atoms with van der Waals surface area (Å²) < 4.78 is 54.8. The molecule has 1 fully saturated rings. The summed E-state index contributed by atoms with van der Waals surface area (Å²) in [5, 5.41) is 8.97. The molecule has 0 unspecified atom stereocenters. The van der Waals surface area contributed by atoms with Crippen LogP contribution < -0.4 is 16.0 Å². The van der Waals surface area contributed by atoms with Gasteiger partial charge in [-0.25, -0.2) is 17.2 Å². The number of sulfonamides is 1. The van der Waals surface area contributed by atoms with Gasteiger partial charge in [-0.1, -0.05) is 60.4 Å². The Morgan fingerprint density at radius 1 is 1.05 bits per heavy atom. The van der Waals surface area contributed by atoms with Crippen molar-refractivity contribution in [2.24, 2.45) is 0 Å². The lowest BCUT2D eigenvalue weighted by atomic mass is 9.99. The Labute approximate surface area is 219 Å². The van der Waals surface area contributed by atoms with Crippen molar-refractivity contribution in [3.63, 3.8) is 0 Å². The fraction of sp³-hybridized carbons (Fsp3) is 0.179. The first kappa shape index (κ1) is 25.6. The molecule has 2 aliphatic rings. The molecule has 3 aromatic carbocycles. The fourth-order valence-corrected chi connectivity index (χ4v) is 5.96. The number of hydrogen-bond acceptors (Lipinski definition) is 5. The Hall–Kier alpha value is -4.04. The number of carbonyl (C=O) groups is 1. The van der Waals surface area contributed by atoms with Gasteiger partial charge in [0.25, 0.3) is 11.8 Å². The van der Waals surface area contributed by atoms with E-state index in [9.17, 15) is 22.0 Å². The molecule has 10 heteroatoms. The minimum Gasteiger partial charge on any atom is -0.354 e. The number of amides is 1. The number of alkyl halides is 2. The van der Waals surface area contributed by atoms with Gasteiger partial charge in [0.15, 0.2) is 0 Å². The van der Waals surface area contributed by atoms with E-state index in [2.05, 4.69) is 27.8 Å². The SMILES string of the molecule is CNCC#Cc1cc2c(cc1S(=O)(=O)N1CC(F)(F)C1)/C(=C(/Nc1ccccc1)c1ccccc1)C(=O)N2. The molecule has 0 atom stereocenters. The number of nitrogens with one attached hydrogen (secondary N) is 3. The van der Waals surface area contributed by atoms with Crippen molar-refractivity contribution in [3.8, 4) is 11.8 Å². The molecular formula is C28H24F2N4O3S. The van der Waals surface area contributed by atoms with E-state index in [0.717, 1.165) is 9.99 Å². The normalized spacial score (nSPS) is 17.5. The van der Waals surface area contributed by atoms with Crippen molar-refractivity contribution in [2.75, 3.05) is 37.3 Å². The lowest BCUT2D eigenvalue weighted by molar-refractivity contribution is -0.110. The average molecular weight is 535 g/mol. The van der Waals surface area contributed by atoms with Crippen LogP contribution in [0.15, 0.2) is 77.7 Å². The molecule has 0 aromatic heterocycles.